The number of hydrogen-bond acceptors (Lipinski definition) is 3. The molecule has 0 spiro atoms. The molecule has 1 aliphatic rings. The van der Waals surface area contributed by atoms with Crippen LogP contribution >= 0.6 is 12.2 Å². The number of hydrazine groups is 1. The van der Waals surface area contributed by atoms with E-state index in [9.17, 15) is 0 Å². The molecule has 1 fully saturated rings. The van der Waals surface area contributed by atoms with Crippen molar-refractivity contribution in [2.45, 2.75) is 25.4 Å². The van der Waals surface area contributed by atoms with Crippen LogP contribution in [0.1, 0.15) is 18.4 Å². The molecule has 1 aromatic carbocycles. The molecule has 0 aliphatic carbocycles. The molecule has 1 saturated heterocycles. The number of likely N-dealkylation sites (tertiary alicyclic amines) is 1. The van der Waals surface area contributed by atoms with Crippen molar-refractivity contribution in [3.05, 3.63) is 35.9 Å². The monoisotopic (exact) mass is 264 g/mol. The minimum atomic E-state index is 0.307. The number of piperidine rings is 1. The molecule has 0 aromatic heterocycles. The number of nitrogens with zero attached hydrogens (tertiary/aromatic N) is 1. The van der Waals surface area contributed by atoms with Crippen molar-refractivity contribution in [1.82, 2.24) is 15.8 Å². The Hall–Kier alpha value is -1.17. The van der Waals surface area contributed by atoms with E-state index >= 15 is 0 Å². The zero-order valence-corrected chi connectivity index (χ0v) is 11.2. The molecule has 18 heavy (non-hydrogen) atoms. The summed E-state index contributed by atoms with van der Waals surface area (Å²) in [6.45, 7) is 3.24. The minimum Gasteiger partial charge on any atom is -0.375 e. The van der Waals surface area contributed by atoms with Crippen molar-refractivity contribution in [3.63, 3.8) is 0 Å². The first-order valence-electron chi connectivity index (χ1n) is 6.31. The first-order chi connectivity index (χ1) is 8.74. The van der Waals surface area contributed by atoms with Crippen LogP contribution < -0.4 is 16.6 Å². The SMILES string of the molecule is NC(=S)NNC1CCN(Cc2ccccc2)CC1. The highest BCUT2D eigenvalue weighted by Gasteiger charge is 2.18. The van der Waals surface area contributed by atoms with E-state index in [0.29, 0.717) is 11.2 Å². The van der Waals surface area contributed by atoms with E-state index in [1.165, 1.54) is 5.56 Å². The smallest absolute Gasteiger partial charge is 0.178 e. The van der Waals surface area contributed by atoms with Gasteiger partial charge in [0.2, 0.25) is 0 Å². The highest BCUT2D eigenvalue weighted by Crippen LogP contribution is 2.13. The molecule has 0 bridgehead atoms. The zero-order valence-electron chi connectivity index (χ0n) is 10.4. The summed E-state index contributed by atoms with van der Waals surface area (Å²) in [5.41, 5.74) is 12.7. The van der Waals surface area contributed by atoms with Crippen LogP contribution in [0.5, 0.6) is 0 Å². The summed E-state index contributed by atoms with van der Waals surface area (Å²) >= 11 is 4.77. The van der Waals surface area contributed by atoms with Gasteiger partial charge in [-0.3, -0.25) is 10.3 Å². The van der Waals surface area contributed by atoms with E-state index in [4.69, 9.17) is 18.0 Å². The molecule has 1 aromatic rings. The van der Waals surface area contributed by atoms with E-state index in [2.05, 4.69) is 46.1 Å². The highest BCUT2D eigenvalue weighted by atomic mass is 32.1. The number of thiocarbonyl (C=S) groups is 1. The quantitative estimate of drug-likeness (QED) is 0.559. The molecule has 1 aliphatic heterocycles. The van der Waals surface area contributed by atoms with Gasteiger partial charge in [0.25, 0.3) is 0 Å². The van der Waals surface area contributed by atoms with Gasteiger partial charge in [-0.2, -0.15) is 0 Å². The van der Waals surface area contributed by atoms with Gasteiger partial charge >= 0.3 is 0 Å². The fourth-order valence-electron chi connectivity index (χ4n) is 2.25. The molecule has 0 radical (unpaired) electrons. The van der Waals surface area contributed by atoms with Crippen LogP contribution in [0, 0.1) is 0 Å². The van der Waals surface area contributed by atoms with Crippen LogP contribution in [-0.2, 0) is 6.54 Å². The molecule has 98 valence electrons. The predicted molar refractivity (Wildman–Crippen MR) is 77.8 cm³/mol. The Morgan fingerprint density at radius 1 is 1.28 bits per heavy atom. The van der Waals surface area contributed by atoms with E-state index in [-0.39, 0.29) is 0 Å². The molecule has 4 nitrogen and oxygen atoms in total. The van der Waals surface area contributed by atoms with Crippen molar-refractivity contribution in [1.29, 1.82) is 0 Å². The second-order valence-electron chi connectivity index (χ2n) is 4.67. The molecule has 0 atom stereocenters. The van der Waals surface area contributed by atoms with Crippen LogP contribution in [0.2, 0.25) is 0 Å². The topological polar surface area (TPSA) is 53.3 Å². The summed E-state index contributed by atoms with van der Waals surface area (Å²) in [6.07, 6.45) is 2.23. The summed E-state index contributed by atoms with van der Waals surface area (Å²) in [4.78, 5) is 2.48. The number of rotatable bonds is 4. The third kappa shape index (κ3) is 4.25. The number of nitrogens with two attached hydrogens (primary N) is 1. The molecular formula is C13H20N4S. The number of nitrogens with one attached hydrogen (secondary N) is 2. The molecular weight excluding hydrogens is 244 g/mol. The average molecular weight is 264 g/mol. The number of hydrogen-bond donors (Lipinski definition) is 3. The van der Waals surface area contributed by atoms with E-state index < -0.39 is 0 Å². The summed E-state index contributed by atoms with van der Waals surface area (Å²) < 4.78 is 0. The van der Waals surface area contributed by atoms with E-state index in [0.717, 1.165) is 32.5 Å². The van der Waals surface area contributed by atoms with Crippen LogP contribution in [0.3, 0.4) is 0 Å². The van der Waals surface area contributed by atoms with Gasteiger partial charge in [-0.05, 0) is 30.6 Å². The van der Waals surface area contributed by atoms with Crippen LogP contribution in [0.15, 0.2) is 30.3 Å². The maximum absolute atomic E-state index is 5.39. The Kier molecular flexibility index (Phi) is 4.92. The van der Waals surface area contributed by atoms with Crippen molar-refractivity contribution < 1.29 is 0 Å². The van der Waals surface area contributed by atoms with Gasteiger partial charge in [0, 0.05) is 25.7 Å². The van der Waals surface area contributed by atoms with Gasteiger partial charge in [-0.25, -0.2) is 5.43 Å². The molecule has 0 unspecified atom stereocenters. The molecule has 0 amide bonds. The predicted octanol–water partition coefficient (Wildman–Crippen LogP) is 0.989. The minimum absolute atomic E-state index is 0.307. The Morgan fingerprint density at radius 2 is 1.94 bits per heavy atom. The highest BCUT2D eigenvalue weighted by molar-refractivity contribution is 7.80. The Morgan fingerprint density at radius 3 is 2.56 bits per heavy atom. The van der Waals surface area contributed by atoms with Crippen molar-refractivity contribution in [2.75, 3.05) is 13.1 Å². The second kappa shape index (κ2) is 6.68. The maximum Gasteiger partial charge on any atom is 0.178 e. The lowest BCUT2D eigenvalue weighted by atomic mass is 10.1. The van der Waals surface area contributed by atoms with Gasteiger partial charge in [0.1, 0.15) is 0 Å². The van der Waals surface area contributed by atoms with Crippen molar-refractivity contribution >= 4 is 17.3 Å². The van der Waals surface area contributed by atoms with Gasteiger partial charge in [0.05, 0.1) is 0 Å². The fraction of sp³-hybridized carbons (Fsp3) is 0.462. The molecule has 5 heteroatoms. The van der Waals surface area contributed by atoms with Crippen LogP contribution in [0.4, 0.5) is 0 Å². The third-order valence-corrected chi connectivity index (χ3v) is 3.34. The van der Waals surface area contributed by atoms with Gasteiger partial charge in [-0.1, -0.05) is 30.3 Å². The molecule has 1 heterocycles. The molecule has 2 rings (SSSR count). The van der Waals surface area contributed by atoms with Crippen molar-refractivity contribution in [2.24, 2.45) is 5.73 Å². The van der Waals surface area contributed by atoms with Gasteiger partial charge in [0.15, 0.2) is 5.11 Å². The largest absolute Gasteiger partial charge is 0.375 e. The Balaban J connectivity index is 1.72. The van der Waals surface area contributed by atoms with Crippen LogP contribution in [0.25, 0.3) is 0 Å². The lowest BCUT2D eigenvalue weighted by Crippen LogP contribution is -2.50. The fourth-order valence-corrected chi connectivity index (χ4v) is 2.31. The normalized spacial score (nSPS) is 17.6. The third-order valence-electron chi connectivity index (χ3n) is 3.24. The van der Waals surface area contributed by atoms with Gasteiger partial charge in [-0.15, -0.1) is 0 Å². The summed E-state index contributed by atoms with van der Waals surface area (Å²) in [7, 11) is 0. The zero-order chi connectivity index (χ0) is 12.8. The van der Waals surface area contributed by atoms with Crippen LogP contribution in [-0.4, -0.2) is 29.1 Å². The molecule has 4 N–H and O–H groups in total. The first-order valence-corrected chi connectivity index (χ1v) is 6.72. The summed E-state index contributed by atoms with van der Waals surface area (Å²) in [5, 5.41) is 0.307. The lowest BCUT2D eigenvalue weighted by molar-refractivity contribution is 0.187. The Bertz CT molecular complexity index is 374. The van der Waals surface area contributed by atoms with E-state index in [1.807, 2.05) is 0 Å². The van der Waals surface area contributed by atoms with Gasteiger partial charge < -0.3 is 5.73 Å². The maximum atomic E-state index is 5.39. The Labute approximate surface area is 114 Å². The first kappa shape index (κ1) is 13.3. The average Bonchev–Trinajstić information content (AvgIpc) is 2.39. The molecule has 0 saturated carbocycles. The van der Waals surface area contributed by atoms with E-state index in [1.54, 1.807) is 0 Å². The van der Waals surface area contributed by atoms with Crippen molar-refractivity contribution in [3.8, 4) is 0 Å². The lowest BCUT2D eigenvalue weighted by Gasteiger charge is -2.32. The standard InChI is InChI=1S/C13H20N4S/c14-13(18)16-15-12-6-8-17(9-7-12)10-11-4-2-1-3-5-11/h1-5,12,15H,6-10H2,(H3,14,16,18). The number of benzene rings is 1. The second-order valence-corrected chi connectivity index (χ2v) is 5.11. The summed E-state index contributed by atoms with van der Waals surface area (Å²) in [5.74, 6) is 0. The summed E-state index contributed by atoms with van der Waals surface area (Å²) in [6, 6.07) is 11.1.